The lowest BCUT2D eigenvalue weighted by atomic mass is 10.1. The number of methoxy groups -OCH3 is 1. The molecule has 26 heavy (non-hydrogen) atoms. The summed E-state index contributed by atoms with van der Waals surface area (Å²) in [6.07, 6.45) is 1.08. The van der Waals surface area contributed by atoms with Crippen molar-refractivity contribution < 1.29 is 17.9 Å². The molecule has 0 fully saturated rings. The van der Waals surface area contributed by atoms with Gasteiger partial charge in [0.1, 0.15) is 11.8 Å². The van der Waals surface area contributed by atoms with E-state index in [2.05, 4.69) is 5.32 Å². The van der Waals surface area contributed by atoms with Gasteiger partial charge >= 0.3 is 0 Å². The molecule has 1 unspecified atom stereocenters. The summed E-state index contributed by atoms with van der Waals surface area (Å²) < 4.78 is 30.9. The monoisotopic (exact) mass is 376 g/mol. The van der Waals surface area contributed by atoms with Crippen LogP contribution in [0.1, 0.15) is 18.1 Å². The number of carbonyl (C=O) groups is 1. The smallest absolute Gasteiger partial charge is 0.247 e. The van der Waals surface area contributed by atoms with E-state index < -0.39 is 22.0 Å². The highest BCUT2D eigenvalue weighted by Gasteiger charge is 2.29. The Morgan fingerprint density at radius 1 is 1.12 bits per heavy atom. The Labute approximate surface area is 154 Å². The first-order valence-electron chi connectivity index (χ1n) is 8.15. The Morgan fingerprint density at radius 2 is 1.81 bits per heavy atom. The third-order valence-electron chi connectivity index (χ3n) is 4.17. The highest BCUT2D eigenvalue weighted by Crippen LogP contribution is 2.26. The van der Waals surface area contributed by atoms with Crippen LogP contribution in [0.5, 0.6) is 5.75 Å². The number of hydrogen-bond acceptors (Lipinski definition) is 4. The minimum Gasteiger partial charge on any atom is -0.497 e. The van der Waals surface area contributed by atoms with Gasteiger partial charge in [-0.1, -0.05) is 12.1 Å². The third-order valence-corrected chi connectivity index (χ3v) is 5.41. The van der Waals surface area contributed by atoms with E-state index in [1.165, 1.54) is 7.11 Å². The number of nitrogens with one attached hydrogen (secondary N) is 1. The predicted molar refractivity (Wildman–Crippen MR) is 104 cm³/mol. The van der Waals surface area contributed by atoms with Crippen molar-refractivity contribution in [2.75, 3.05) is 23.0 Å². The summed E-state index contributed by atoms with van der Waals surface area (Å²) in [6, 6.07) is 11.2. The first-order valence-corrected chi connectivity index (χ1v) is 10.00. The standard InChI is InChI=1S/C19H24N2O4S/c1-13-9-10-16(11-14(13)2)20-19(22)15(3)21(26(5,23)24)17-7-6-8-18(12-17)25-4/h6-12,15H,1-5H3,(H,20,22). The van der Waals surface area contributed by atoms with Crippen molar-refractivity contribution in [3.63, 3.8) is 0 Å². The van der Waals surface area contributed by atoms with Crippen LogP contribution in [-0.4, -0.2) is 33.7 Å². The first-order chi connectivity index (χ1) is 12.1. The molecule has 140 valence electrons. The quantitative estimate of drug-likeness (QED) is 0.840. The van der Waals surface area contributed by atoms with Gasteiger partial charge in [-0.25, -0.2) is 8.42 Å². The van der Waals surface area contributed by atoms with Gasteiger partial charge in [-0.05, 0) is 56.2 Å². The number of hydrogen-bond donors (Lipinski definition) is 1. The molecule has 0 aliphatic carbocycles. The number of sulfonamides is 1. The van der Waals surface area contributed by atoms with Gasteiger partial charge in [-0.15, -0.1) is 0 Å². The molecule has 6 nitrogen and oxygen atoms in total. The molecule has 0 spiro atoms. The van der Waals surface area contributed by atoms with E-state index in [0.29, 0.717) is 17.1 Å². The van der Waals surface area contributed by atoms with Gasteiger partial charge < -0.3 is 10.1 Å². The van der Waals surface area contributed by atoms with Crippen LogP contribution in [0.3, 0.4) is 0 Å². The molecule has 7 heteroatoms. The lowest BCUT2D eigenvalue weighted by Gasteiger charge is -2.28. The molecule has 2 aromatic rings. The fourth-order valence-electron chi connectivity index (χ4n) is 2.62. The van der Waals surface area contributed by atoms with Crippen molar-refractivity contribution >= 4 is 27.3 Å². The lowest BCUT2D eigenvalue weighted by Crippen LogP contribution is -2.45. The van der Waals surface area contributed by atoms with E-state index in [1.807, 2.05) is 26.0 Å². The number of amides is 1. The number of benzene rings is 2. The second-order valence-electron chi connectivity index (χ2n) is 6.22. The van der Waals surface area contributed by atoms with Crippen LogP contribution in [-0.2, 0) is 14.8 Å². The minimum absolute atomic E-state index is 0.370. The summed E-state index contributed by atoms with van der Waals surface area (Å²) in [4.78, 5) is 12.7. The van der Waals surface area contributed by atoms with Crippen molar-refractivity contribution in [3.05, 3.63) is 53.6 Å². The van der Waals surface area contributed by atoms with Gasteiger partial charge in [0, 0.05) is 11.8 Å². The Morgan fingerprint density at radius 3 is 2.38 bits per heavy atom. The molecule has 2 rings (SSSR count). The molecule has 1 amide bonds. The van der Waals surface area contributed by atoms with Crippen molar-refractivity contribution in [1.29, 1.82) is 0 Å². The Bertz CT molecular complexity index is 910. The molecular formula is C19H24N2O4S. The maximum absolute atomic E-state index is 12.7. The highest BCUT2D eigenvalue weighted by molar-refractivity contribution is 7.92. The van der Waals surface area contributed by atoms with Crippen molar-refractivity contribution in [2.45, 2.75) is 26.8 Å². The van der Waals surface area contributed by atoms with Gasteiger partial charge in [-0.2, -0.15) is 0 Å². The summed E-state index contributed by atoms with van der Waals surface area (Å²) in [7, 11) is -2.18. The molecule has 0 saturated heterocycles. The zero-order chi connectivity index (χ0) is 19.5. The van der Waals surface area contributed by atoms with Crippen molar-refractivity contribution in [1.82, 2.24) is 0 Å². The van der Waals surface area contributed by atoms with E-state index >= 15 is 0 Å². The fraction of sp³-hybridized carbons (Fsp3) is 0.316. The molecule has 0 heterocycles. The van der Waals surface area contributed by atoms with E-state index in [0.717, 1.165) is 21.7 Å². The summed E-state index contributed by atoms with van der Waals surface area (Å²) in [5.74, 6) is 0.0967. The van der Waals surface area contributed by atoms with Crippen LogP contribution in [0.25, 0.3) is 0 Å². The SMILES string of the molecule is COc1cccc(N(C(C)C(=O)Nc2ccc(C)c(C)c2)S(C)(=O)=O)c1. The summed E-state index contributed by atoms with van der Waals surface area (Å²) in [6.45, 7) is 5.49. The van der Waals surface area contributed by atoms with Crippen molar-refractivity contribution in [2.24, 2.45) is 0 Å². The molecule has 0 saturated carbocycles. The van der Waals surface area contributed by atoms with Crippen LogP contribution in [0.4, 0.5) is 11.4 Å². The summed E-state index contributed by atoms with van der Waals surface area (Å²) in [5, 5.41) is 2.78. The predicted octanol–water partition coefficient (Wildman–Crippen LogP) is 3.11. The number of anilines is 2. The second-order valence-corrected chi connectivity index (χ2v) is 8.08. The lowest BCUT2D eigenvalue weighted by molar-refractivity contribution is -0.116. The van der Waals surface area contributed by atoms with E-state index in [1.54, 1.807) is 37.3 Å². The van der Waals surface area contributed by atoms with Crippen LogP contribution in [0.15, 0.2) is 42.5 Å². The largest absolute Gasteiger partial charge is 0.497 e. The van der Waals surface area contributed by atoms with Gasteiger partial charge in [0.05, 0.1) is 19.1 Å². The molecule has 1 atom stereocenters. The number of rotatable bonds is 6. The van der Waals surface area contributed by atoms with Gasteiger partial charge in [0.15, 0.2) is 0 Å². The highest BCUT2D eigenvalue weighted by atomic mass is 32.2. The molecule has 0 radical (unpaired) electrons. The molecule has 0 aromatic heterocycles. The molecular weight excluding hydrogens is 352 g/mol. The second kappa shape index (κ2) is 7.78. The average molecular weight is 376 g/mol. The molecule has 2 aromatic carbocycles. The zero-order valence-corrected chi connectivity index (χ0v) is 16.4. The van der Waals surface area contributed by atoms with Crippen LogP contribution < -0.4 is 14.4 Å². The Kier molecular flexibility index (Phi) is 5.92. The average Bonchev–Trinajstić information content (AvgIpc) is 2.57. The number of aryl methyl sites for hydroxylation is 2. The topological polar surface area (TPSA) is 75.7 Å². The van der Waals surface area contributed by atoms with E-state index in [-0.39, 0.29) is 0 Å². The maximum Gasteiger partial charge on any atom is 0.247 e. The Hall–Kier alpha value is -2.54. The van der Waals surface area contributed by atoms with Gasteiger partial charge in [0.25, 0.3) is 0 Å². The molecule has 0 aliphatic heterocycles. The molecule has 0 aliphatic rings. The third kappa shape index (κ3) is 4.54. The minimum atomic E-state index is -3.68. The zero-order valence-electron chi connectivity index (χ0n) is 15.6. The maximum atomic E-state index is 12.7. The van der Waals surface area contributed by atoms with Crippen LogP contribution in [0, 0.1) is 13.8 Å². The summed E-state index contributed by atoms with van der Waals surface area (Å²) >= 11 is 0. The van der Waals surface area contributed by atoms with E-state index in [9.17, 15) is 13.2 Å². The first kappa shape index (κ1) is 19.8. The van der Waals surface area contributed by atoms with Gasteiger partial charge in [0.2, 0.25) is 15.9 Å². The Balaban J connectivity index is 2.32. The number of ether oxygens (including phenoxy) is 1. The fourth-order valence-corrected chi connectivity index (χ4v) is 3.79. The molecule has 0 bridgehead atoms. The van der Waals surface area contributed by atoms with Gasteiger partial charge in [-0.3, -0.25) is 9.10 Å². The van der Waals surface area contributed by atoms with Crippen LogP contribution >= 0.6 is 0 Å². The molecule has 1 N–H and O–H groups in total. The van der Waals surface area contributed by atoms with Crippen molar-refractivity contribution in [3.8, 4) is 5.75 Å². The van der Waals surface area contributed by atoms with E-state index in [4.69, 9.17) is 4.74 Å². The normalized spacial score (nSPS) is 12.3. The van der Waals surface area contributed by atoms with Crippen LogP contribution in [0.2, 0.25) is 0 Å². The summed E-state index contributed by atoms with van der Waals surface area (Å²) in [5.41, 5.74) is 3.16. The number of carbonyl (C=O) groups excluding carboxylic acids is 1. The number of nitrogens with zero attached hydrogens (tertiary/aromatic N) is 1.